The first-order valence-corrected chi connectivity index (χ1v) is 12.2. The second kappa shape index (κ2) is 11.2. The summed E-state index contributed by atoms with van der Waals surface area (Å²) in [5, 5.41) is 5.48. The number of imide groups is 1. The van der Waals surface area contributed by atoms with Crippen molar-refractivity contribution in [2.75, 3.05) is 13.2 Å². The molecule has 0 fully saturated rings. The third kappa shape index (κ3) is 5.97. The number of esters is 1. The number of pyridine rings is 1. The third-order valence-electron chi connectivity index (χ3n) is 6.02. The van der Waals surface area contributed by atoms with Gasteiger partial charge in [0.05, 0.1) is 16.8 Å². The van der Waals surface area contributed by atoms with Gasteiger partial charge >= 0.3 is 12.0 Å². The first-order chi connectivity index (χ1) is 17.3. The van der Waals surface area contributed by atoms with Gasteiger partial charge < -0.3 is 10.1 Å². The molecule has 0 aliphatic heterocycles. The lowest BCUT2D eigenvalue weighted by Crippen LogP contribution is -2.42. The minimum Gasteiger partial charge on any atom is -0.452 e. The number of nitrogens with zero attached hydrogens (tertiary/aromatic N) is 1. The van der Waals surface area contributed by atoms with Crippen molar-refractivity contribution < 1.29 is 19.1 Å². The van der Waals surface area contributed by atoms with Crippen molar-refractivity contribution >= 4 is 40.5 Å². The molecule has 2 N–H and O–H groups in total. The second-order valence-corrected chi connectivity index (χ2v) is 9.65. The fourth-order valence-corrected chi connectivity index (χ4v) is 4.43. The molecule has 2 aromatic carbocycles. The molecule has 186 valence electrons. The summed E-state index contributed by atoms with van der Waals surface area (Å²) in [6.07, 6.45) is 3.64. The van der Waals surface area contributed by atoms with E-state index in [1.54, 1.807) is 0 Å². The van der Waals surface area contributed by atoms with E-state index in [4.69, 9.17) is 9.72 Å². The Morgan fingerprint density at radius 3 is 2.53 bits per heavy atom. The van der Waals surface area contributed by atoms with E-state index >= 15 is 0 Å². The van der Waals surface area contributed by atoms with E-state index in [1.165, 1.54) is 0 Å². The number of aromatic nitrogens is 1. The molecule has 0 saturated carbocycles. The molecule has 1 aliphatic carbocycles. The molecule has 0 bridgehead atoms. The quantitative estimate of drug-likeness (QED) is 0.479. The largest absolute Gasteiger partial charge is 0.452 e. The van der Waals surface area contributed by atoms with Crippen LogP contribution in [0.25, 0.3) is 22.6 Å². The van der Waals surface area contributed by atoms with Gasteiger partial charge in [-0.05, 0) is 53.5 Å². The predicted octanol–water partition coefficient (Wildman–Crippen LogP) is 5.00. The Morgan fingerprint density at radius 2 is 1.78 bits per heavy atom. The van der Waals surface area contributed by atoms with Crippen LogP contribution in [0.5, 0.6) is 0 Å². The molecular weight excluding hydrogens is 454 g/mol. The fourth-order valence-electron chi connectivity index (χ4n) is 4.43. The first-order valence-electron chi connectivity index (χ1n) is 12.2. The molecule has 3 amide bonds. The van der Waals surface area contributed by atoms with Crippen LogP contribution in [0, 0.1) is 11.8 Å². The lowest BCUT2D eigenvalue weighted by Gasteiger charge is -2.26. The second-order valence-electron chi connectivity index (χ2n) is 9.65. The van der Waals surface area contributed by atoms with Crippen LogP contribution in [-0.2, 0) is 16.0 Å². The zero-order chi connectivity index (χ0) is 25.7. The highest BCUT2D eigenvalue weighted by molar-refractivity contribution is 6.07. The zero-order valence-electron chi connectivity index (χ0n) is 20.8. The number of amides is 3. The Hall–Kier alpha value is -4.00. The van der Waals surface area contributed by atoms with Crippen LogP contribution in [0.1, 0.15) is 54.4 Å². The van der Waals surface area contributed by atoms with Crippen molar-refractivity contribution in [3.05, 3.63) is 77.0 Å². The number of benzene rings is 2. The summed E-state index contributed by atoms with van der Waals surface area (Å²) in [6, 6.07) is 16.9. The zero-order valence-corrected chi connectivity index (χ0v) is 20.8. The number of carbonyl (C=O) groups excluding carboxylic acids is 3. The summed E-state index contributed by atoms with van der Waals surface area (Å²) in [7, 11) is 0. The van der Waals surface area contributed by atoms with Gasteiger partial charge in [-0.2, -0.15) is 0 Å². The van der Waals surface area contributed by atoms with E-state index in [-0.39, 0.29) is 5.92 Å². The molecular formula is C29H31N3O4. The Bertz CT molecular complexity index is 1310. The van der Waals surface area contributed by atoms with Crippen molar-refractivity contribution in [3.8, 4) is 0 Å². The van der Waals surface area contributed by atoms with Gasteiger partial charge in [-0.25, -0.2) is 14.6 Å². The van der Waals surface area contributed by atoms with Gasteiger partial charge in [-0.3, -0.25) is 10.1 Å². The van der Waals surface area contributed by atoms with Gasteiger partial charge in [-0.15, -0.1) is 0 Å². The van der Waals surface area contributed by atoms with Crippen LogP contribution in [0.15, 0.2) is 54.6 Å². The molecule has 1 heterocycles. The number of urea groups is 1. The molecule has 1 unspecified atom stereocenters. The number of rotatable bonds is 6. The molecule has 4 rings (SSSR count). The van der Waals surface area contributed by atoms with E-state index in [0.29, 0.717) is 35.3 Å². The molecule has 36 heavy (non-hydrogen) atoms. The summed E-state index contributed by atoms with van der Waals surface area (Å²) >= 11 is 0. The standard InChI is InChI=1S/C29H31N3O4/c1-18(2)16-30-29(35)32-25(33)17-36-28(34)26-22-11-7-8-12-24(22)31-27-21(13-19(3)14-23(26)27)15-20-9-5-4-6-10-20/h4-12,15,18-19H,13-14,16-17H2,1-3H3,(H2,30,32,33,35). The number of para-hydroxylation sites is 1. The summed E-state index contributed by atoms with van der Waals surface area (Å²) in [5.41, 5.74) is 4.87. The first kappa shape index (κ1) is 25.1. The van der Waals surface area contributed by atoms with Crippen molar-refractivity contribution in [3.63, 3.8) is 0 Å². The molecule has 7 heteroatoms. The number of allylic oxidation sites excluding steroid dienone is 1. The number of ether oxygens (including phenoxy) is 1. The van der Waals surface area contributed by atoms with Crippen LogP contribution in [0.3, 0.4) is 0 Å². The minimum absolute atomic E-state index is 0.248. The highest BCUT2D eigenvalue weighted by atomic mass is 16.5. The number of hydrogen-bond acceptors (Lipinski definition) is 5. The number of fused-ring (bicyclic) bond motifs is 2. The fraction of sp³-hybridized carbons (Fsp3) is 0.310. The third-order valence-corrected chi connectivity index (χ3v) is 6.02. The van der Waals surface area contributed by atoms with Gasteiger partial charge in [0.1, 0.15) is 0 Å². The van der Waals surface area contributed by atoms with Gasteiger partial charge in [0, 0.05) is 11.9 Å². The smallest absolute Gasteiger partial charge is 0.339 e. The average Bonchev–Trinajstić information content (AvgIpc) is 2.85. The average molecular weight is 486 g/mol. The molecule has 3 aromatic rings. The van der Waals surface area contributed by atoms with Crippen LogP contribution in [0.4, 0.5) is 4.79 Å². The van der Waals surface area contributed by atoms with Crippen molar-refractivity contribution in [2.24, 2.45) is 11.8 Å². The van der Waals surface area contributed by atoms with Gasteiger partial charge in [0.15, 0.2) is 6.61 Å². The molecule has 1 aromatic heterocycles. The molecule has 1 aliphatic rings. The molecule has 7 nitrogen and oxygen atoms in total. The van der Waals surface area contributed by atoms with Gasteiger partial charge in [0.25, 0.3) is 5.91 Å². The number of hydrogen-bond donors (Lipinski definition) is 2. The van der Waals surface area contributed by atoms with Crippen LogP contribution < -0.4 is 10.6 Å². The SMILES string of the molecule is CC(C)CNC(=O)NC(=O)COC(=O)c1c2c(nc3ccccc13)C(=Cc1ccccc1)CC(C)C2. The Labute approximate surface area is 211 Å². The molecule has 0 radical (unpaired) electrons. The minimum atomic E-state index is -0.685. The highest BCUT2D eigenvalue weighted by Gasteiger charge is 2.29. The summed E-state index contributed by atoms with van der Waals surface area (Å²) in [4.78, 5) is 42.4. The van der Waals surface area contributed by atoms with Crippen molar-refractivity contribution in [1.82, 2.24) is 15.6 Å². The van der Waals surface area contributed by atoms with E-state index < -0.39 is 24.5 Å². The van der Waals surface area contributed by atoms with Gasteiger partial charge in [-0.1, -0.05) is 69.3 Å². The maximum atomic E-state index is 13.4. The van der Waals surface area contributed by atoms with E-state index in [9.17, 15) is 14.4 Å². The Kier molecular flexibility index (Phi) is 7.78. The van der Waals surface area contributed by atoms with Gasteiger partial charge in [0.2, 0.25) is 0 Å². The summed E-state index contributed by atoms with van der Waals surface area (Å²) in [6.45, 7) is 5.93. The lowest BCUT2D eigenvalue weighted by molar-refractivity contribution is -0.123. The number of nitrogens with one attached hydrogen (secondary N) is 2. The Morgan fingerprint density at radius 1 is 1.06 bits per heavy atom. The van der Waals surface area contributed by atoms with Crippen LogP contribution >= 0.6 is 0 Å². The predicted molar refractivity (Wildman–Crippen MR) is 140 cm³/mol. The summed E-state index contributed by atoms with van der Waals surface area (Å²) < 4.78 is 5.40. The normalized spacial score (nSPS) is 16.0. The van der Waals surface area contributed by atoms with E-state index in [0.717, 1.165) is 28.8 Å². The molecule has 0 saturated heterocycles. The highest BCUT2D eigenvalue weighted by Crippen LogP contribution is 2.38. The van der Waals surface area contributed by atoms with E-state index in [1.807, 2.05) is 68.4 Å². The maximum Gasteiger partial charge on any atom is 0.339 e. The Balaban J connectivity index is 1.64. The van der Waals surface area contributed by atoms with Crippen molar-refractivity contribution in [1.29, 1.82) is 0 Å². The number of carbonyl (C=O) groups is 3. The van der Waals surface area contributed by atoms with Crippen LogP contribution in [-0.4, -0.2) is 36.0 Å². The molecule has 1 atom stereocenters. The monoisotopic (exact) mass is 485 g/mol. The van der Waals surface area contributed by atoms with E-state index in [2.05, 4.69) is 23.6 Å². The van der Waals surface area contributed by atoms with Crippen molar-refractivity contribution in [2.45, 2.75) is 33.6 Å². The topological polar surface area (TPSA) is 97.4 Å². The summed E-state index contributed by atoms with van der Waals surface area (Å²) in [5.74, 6) is -0.737. The molecule has 0 spiro atoms. The maximum absolute atomic E-state index is 13.4. The van der Waals surface area contributed by atoms with Crippen LogP contribution in [0.2, 0.25) is 0 Å². The lowest BCUT2D eigenvalue weighted by atomic mass is 9.80.